The number of amides is 1. The number of primary amides is 1. The van der Waals surface area contributed by atoms with Crippen molar-refractivity contribution in [2.45, 2.75) is 12.5 Å². The van der Waals surface area contributed by atoms with Crippen molar-refractivity contribution in [1.29, 1.82) is 0 Å². The zero-order valence-corrected chi connectivity index (χ0v) is 12.7. The minimum Gasteiger partial charge on any atom is -0.368 e. The van der Waals surface area contributed by atoms with Crippen LogP contribution in [0.4, 0.5) is 14.5 Å². The maximum atomic E-state index is 13.4. The molecule has 0 radical (unpaired) electrons. The van der Waals surface area contributed by atoms with Crippen molar-refractivity contribution in [2.75, 3.05) is 5.32 Å². The van der Waals surface area contributed by atoms with E-state index in [1.54, 1.807) is 24.3 Å². The molecule has 2 rings (SSSR count). The zero-order valence-electron chi connectivity index (χ0n) is 11.2. The Morgan fingerprint density at radius 3 is 2.29 bits per heavy atom. The molecule has 0 saturated heterocycles. The summed E-state index contributed by atoms with van der Waals surface area (Å²) in [6.45, 7) is 1.52. The van der Waals surface area contributed by atoms with E-state index in [9.17, 15) is 13.6 Å². The van der Waals surface area contributed by atoms with Gasteiger partial charge in [-0.05, 0) is 48.9 Å². The molecular weight excluding hydrogens is 342 g/mol. The minimum atomic E-state index is -1.36. The van der Waals surface area contributed by atoms with E-state index in [1.807, 2.05) is 0 Å². The standard InChI is InChI=1S/C15H13BrF2N2O/c1-15(14(19)21,9-2-7-12(17)13(18)8-9)20-11-5-3-10(16)4-6-11/h2-8,20H,1H3,(H2,19,21). The Bertz CT molecular complexity index is 676. The summed E-state index contributed by atoms with van der Waals surface area (Å²) < 4.78 is 27.3. The predicted octanol–water partition coefficient (Wildman–Crippen LogP) is 3.54. The van der Waals surface area contributed by atoms with Gasteiger partial charge in [0.15, 0.2) is 11.6 Å². The summed E-state index contributed by atoms with van der Waals surface area (Å²) in [6, 6.07) is 10.3. The first-order valence-corrected chi connectivity index (χ1v) is 6.91. The normalized spacial score (nSPS) is 13.5. The first kappa shape index (κ1) is 15.4. The predicted molar refractivity (Wildman–Crippen MR) is 80.7 cm³/mol. The van der Waals surface area contributed by atoms with E-state index in [1.165, 1.54) is 13.0 Å². The number of anilines is 1. The molecule has 3 nitrogen and oxygen atoms in total. The number of rotatable bonds is 4. The van der Waals surface area contributed by atoms with Crippen LogP contribution < -0.4 is 11.1 Å². The molecule has 21 heavy (non-hydrogen) atoms. The summed E-state index contributed by atoms with van der Waals surface area (Å²) in [5.41, 5.74) is 4.96. The molecule has 0 aliphatic heterocycles. The van der Waals surface area contributed by atoms with Crippen LogP contribution in [0.1, 0.15) is 12.5 Å². The minimum absolute atomic E-state index is 0.247. The molecule has 1 amide bonds. The summed E-state index contributed by atoms with van der Waals surface area (Å²) >= 11 is 3.31. The van der Waals surface area contributed by atoms with Gasteiger partial charge in [0.1, 0.15) is 5.54 Å². The summed E-state index contributed by atoms with van der Waals surface area (Å²) in [5, 5.41) is 2.96. The Kier molecular flexibility index (Phi) is 4.27. The molecule has 0 heterocycles. The third-order valence-corrected chi connectivity index (χ3v) is 3.76. The lowest BCUT2D eigenvalue weighted by molar-refractivity contribution is -0.122. The Morgan fingerprint density at radius 2 is 1.76 bits per heavy atom. The fourth-order valence-electron chi connectivity index (χ4n) is 1.91. The first-order valence-electron chi connectivity index (χ1n) is 6.12. The SMILES string of the molecule is CC(Nc1ccc(Br)cc1)(C(N)=O)c1ccc(F)c(F)c1. The van der Waals surface area contributed by atoms with Crippen LogP contribution >= 0.6 is 15.9 Å². The van der Waals surface area contributed by atoms with Gasteiger partial charge in [-0.3, -0.25) is 4.79 Å². The third-order valence-electron chi connectivity index (χ3n) is 3.23. The van der Waals surface area contributed by atoms with Gasteiger partial charge in [-0.25, -0.2) is 8.78 Å². The van der Waals surface area contributed by atoms with E-state index in [4.69, 9.17) is 5.73 Å². The Morgan fingerprint density at radius 1 is 1.14 bits per heavy atom. The van der Waals surface area contributed by atoms with Crippen LogP contribution in [0.5, 0.6) is 0 Å². The van der Waals surface area contributed by atoms with Crippen LogP contribution in [0.25, 0.3) is 0 Å². The molecule has 0 aromatic heterocycles. The number of halogens is 3. The average Bonchev–Trinajstić information content (AvgIpc) is 2.44. The molecular formula is C15H13BrF2N2O. The van der Waals surface area contributed by atoms with Gasteiger partial charge in [-0.15, -0.1) is 0 Å². The fourth-order valence-corrected chi connectivity index (χ4v) is 2.17. The van der Waals surface area contributed by atoms with E-state index in [0.29, 0.717) is 5.69 Å². The van der Waals surface area contributed by atoms with Crippen LogP contribution in [0.2, 0.25) is 0 Å². The molecule has 3 N–H and O–H groups in total. The highest BCUT2D eigenvalue weighted by Crippen LogP contribution is 2.28. The molecule has 0 fully saturated rings. The Labute approximate surface area is 129 Å². The first-order chi connectivity index (χ1) is 9.83. The highest BCUT2D eigenvalue weighted by atomic mass is 79.9. The van der Waals surface area contributed by atoms with E-state index < -0.39 is 23.1 Å². The number of benzene rings is 2. The molecule has 110 valence electrons. The maximum absolute atomic E-state index is 13.4. The van der Waals surface area contributed by atoms with E-state index in [-0.39, 0.29) is 5.56 Å². The highest BCUT2D eigenvalue weighted by Gasteiger charge is 2.33. The summed E-state index contributed by atoms with van der Waals surface area (Å²) in [4.78, 5) is 11.8. The fraction of sp³-hybridized carbons (Fsp3) is 0.133. The van der Waals surface area contributed by atoms with Crippen LogP contribution in [-0.2, 0) is 10.3 Å². The smallest absolute Gasteiger partial charge is 0.247 e. The number of nitrogens with one attached hydrogen (secondary N) is 1. The monoisotopic (exact) mass is 354 g/mol. The molecule has 0 bridgehead atoms. The van der Waals surface area contributed by atoms with Gasteiger partial charge in [0.2, 0.25) is 5.91 Å². The molecule has 6 heteroatoms. The summed E-state index contributed by atoms with van der Waals surface area (Å²) in [6.07, 6.45) is 0. The van der Waals surface area contributed by atoms with Gasteiger partial charge in [0.05, 0.1) is 0 Å². The van der Waals surface area contributed by atoms with Crippen molar-refractivity contribution in [2.24, 2.45) is 5.73 Å². The zero-order chi connectivity index (χ0) is 15.6. The second kappa shape index (κ2) is 5.81. The summed E-state index contributed by atoms with van der Waals surface area (Å²) in [5.74, 6) is -2.71. The molecule has 0 aliphatic rings. The van der Waals surface area contributed by atoms with Crippen LogP contribution in [0.15, 0.2) is 46.9 Å². The second-order valence-corrected chi connectivity index (χ2v) is 5.67. The van der Waals surface area contributed by atoms with Crippen molar-refractivity contribution >= 4 is 27.5 Å². The lowest BCUT2D eigenvalue weighted by Gasteiger charge is -2.29. The van der Waals surface area contributed by atoms with Crippen LogP contribution in [0.3, 0.4) is 0 Å². The van der Waals surface area contributed by atoms with Gasteiger partial charge >= 0.3 is 0 Å². The average molecular weight is 355 g/mol. The molecule has 1 unspecified atom stereocenters. The number of nitrogens with two attached hydrogens (primary N) is 1. The van der Waals surface area contributed by atoms with Crippen molar-refractivity contribution in [3.8, 4) is 0 Å². The number of carbonyl (C=O) groups excluding carboxylic acids is 1. The second-order valence-electron chi connectivity index (χ2n) is 4.75. The van der Waals surface area contributed by atoms with Crippen molar-refractivity contribution < 1.29 is 13.6 Å². The molecule has 2 aromatic carbocycles. The lowest BCUT2D eigenvalue weighted by atomic mass is 9.90. The van der Waals surface area contributed by atoms with E-state index >= 15 is 0 Å². The van der Waals surface area contributed by atoms with Gasteiger partial charge in [-0.2, -0.15) is 0 Å². The van der Waals surface area contributed by atoms with E-state index in [0.717, 1.165) is 16.6 Å². The van der Waals surface area contributed by atoms with Gasteiger partial charge in [0, 0.05) is 10.2 Å². The topological polar surface area (TPSA) is 55.1 Å². The number of hydrogen-bond acceptors (Lipinski definition) is 2. The van der Waals surface area contributed by atoms with Crippen molar-refractivity contribution in [3.05, 3.63) is 64.1 Å². The van der Waals surface area contributed by atoms with Gasteiger partial charge in [0.25, 0.3) is 0 Å². The number of hydrogen-bond donors (Lipinski definition) is 2. The highest BCUT2D eigenvalue weighted by molar-refractivity contribution is 9.10. The van der Waals surface area contributed by atoms with Crippen LogP contribution in [0, 0.1) is 11.6 Å². The molecule has 0 saturated carbocycles. The maximum Gasteiger partial charge on any atom is 0.247 e. The van der Waals surface area contributed by atoms with Crippen molar-refractivity contribution in [3.63, 3.8) is 0 Å². The van der Waals surface area contributed by atoms with E-state index in [2.05, 4.69) is 21.2 Å². The molecule has 2 aromatic rings. The van der Waals surface area contributed by atoms with Crippen molar-refractivity contribution in [1.82, 2.24) is 0 Å². The third kappa shape index (κ3) is 3.21. The largest absolute Gasteiger partial charge is 0.368 e. The van der Waals surface area contributed by atoms with Gasteiger partial charge < -0.3 is 11.1 Å². The molecule has 0 spiro atoms. The molecule has 0 aliphatic carbocycles. The van der Waals surface area contributed by atoms with Gasteiger partial charge in [-0.1, -0.05) is 22.0 Å². The Balaban J connectivity index is 2.42. The quantitative estimate of drug-likeness (QED) is 0.882. The lowest BCUT2D eigenvalue weighted by Crippen LogP contribution is -2.45. The summed E-state index contributed by atoms with van der Waals surface area (Å²) in [7, 11) is 0. The number of carbonyl (C=O) groups is 1. The Hall–Kier alpha value is -1.95. The van der Waals surface area contributed by atoms with Crippen LogP contribution in [-0.4, -0.2) is 5.91 Å². The molecule has 1 atom stereocenters.